The predicted molar refractivity (Wildman–Crippen MR) is 117 cm³/mol. The van der Waals surface area contributed by atoms with Crippen molar-refractivity contribution >= 4 is 17.5 Å². The summed E-state index contributed by atoms with van der Waals surface area (Å²) in [4.78, 5) is 25.3. The molecule has 0 heterocycles. The van der Waals surface area contributed by atoms with Crippen LogP contribution in [0.25, 0.3) is 0 Å². The predicted octanol–water partition coefficient (Wildman–Crippen LogP) is 3.74. The Kier molecular flexibility index (Phi) is 7.85. The lowest BCUT2D eigenvalue weighted by atomic mass is 9.92. The molecule has 6 heteroatoms. The Morgan fingerprint density at radius 2 is 1.83 bits per heavy atom. The molecular formula is C24H30N2O4. The Labute approximate surface area is 178 Å². The zero-order valence-electron chi connectivity index (χ0n) is 17.7. The van der Waals surface area contributed by atoms with Gasteiger partial charge in [0.1, 0.15) is 5.75 Å². The number of hydrogen-bond donors (Lipinski definition) is 2. The van der Waals surface area contributed by atoms with Gasteiger partial charge in [0.05, 0.1) is 17.9 Å². The van der Waals surface area contributed by atoms with Crippen molar-refractivity contribution in [2.24, 2.45) is 0 Å². The van der Waals surface area contributed by atoms with E-state index in [9.17, 15) is 9.59 Å². The van der Waals surface area contributed by atoms with Crippen molar-refractivity contribution < 1.29 is 19.1 Å². The fourth-order valence-electron chi connectivity index (χ4n) is 3.63. The third-order valence-corrected chi connectivity index (χ3v) is 5.28. The first-order chi connectivity index (χ1) is 14.6. The van der Waals surface area contributed by atoms with Gasteiger partial charge in [0.15, 0.2) is 6.10 Å². The van der Waals surface area contributed by atoms with Gasteiger partial charge in [-0.2, -0.15) is 0 Å². The van der Waals surface area contributed by atoms with Crippen LogP contribution >= 0.6 is 0 Å². The third-order valence-electron chi connectivity index (χ3n) is 5.28. The van der Waals surface area contributed by atoms with Crippen LogP contribution in [-0.4, -0.2) is 38.2 Å². The number of hydrogen-bond acceptors (Lipinski definition) is 4. The number of methoxy groups -OCH3 is 1. The number of anilines is 1. The van der Waals surface area contributed by atoms with Crippen LogP contribution in [0, 0.1) is 0 Å². The molecule has 0 spiro atoms. The smallest absolute Gasteiger partial charge is 0.265 e. The number of amides is 2. The number of rotatable bonds is 9. The Morgan fingerprint density at radius 3 is 2.60 bits per heavy atom. The van der Waals surface area contributed by atoms with Crippen molar-refractivity contribution in [2.45, 2.75) is 45.1 Å². The van der Waals surface area contributed by atoms with Gasteiger partial charge >= 0.3 is 0 Å². The van der Waals surface area contributed by atoms with Gasteiger partial charge in [0.25, 0.3) is 11.8 Å². The molecule has 160 valence electrons. The van der Waals surface area contributed by atoms with Crippen molar-refractivity contribution in [2.75, 3.05) is 25.6 Å². The second-order valence-electron chi connectivity index (χ2n) is 7.44. The minimum absolute atomic E-state index is 0.258. The van der Waals surface area contributed by atoms with Gasteiger partial charge in [-0.1, -0.05) is 25.1 Å². The zero-order chi connectivity index (χ0) is 21.3. The lowest BCUT2D eigenvalue weighted by Gasteiger charge is -2.21. The summed E-state index contributed by atoms with van der Waals surface area (Å²) in [7, 11) is 1.58. The number of para-hydroxylation sites is 1. The molecule has 1 aliphatic carbocycles. The first-order valence-electron chi connectivity index (χ1n) is 10.6. The zero-order valence-corrected chi connectivity index (χ0v) is 17.7. The maximum absolute atomic E-state index is 12.9. The summed E-state index contributed by atoms with van der Waals surface area (Å²) in [6.45, 7) is 2.73. The molecule has 2 aromatic rings. The molecule has 3 rings (SSSR count). The van der Waals surface area contributed by atoms with E-state index in [4.69, 9.17) is 9.47 Å². The summed E-state index contributed by atoms with van der Waals surface area (Å²) in [6, 6.07) is 13.1. The first-order valence-corrected chi connectivity index (χ1v) is 10.6. The standard InChI is InChI=1S/C24H30N2O4/c1-3-22(30-19-13-12-17-8-4-5-9-18(17)16-19)24(28)26-21-11-7-6-10-20(21)23(27)25-14-15-29-2/h6-7,10-13,16,22H,3-5,8-9,14-15H2,1-2H3,(H,25,27)(H,26,28). The molecule has 2 aromatic carbocycles. The Balaban J connectivity index is 1.67. The molecule has 1 atom stereocenters. The third kappa shape index (κ3) is 5.60. The minimum atomic E-state index is -0.642. The fraction of sp³-hybridized carbons (Fsp3) is 0.417. The van der Waals surface area contributed by atoms with E-state index in [1.165, 1.54) is 24.0 Å². The van der Waals surface area contributed by atoms with Crippen molar-refractivity contribution in [1.82, 2.24) is 5.32 Å². The van der Waals surface area contributed by atoms with Gasteiger partial charge in [-0.3, -0.25) is 9.59 Å². The average Bonchev–Trinajstić information content (AvgIpc) is 2.77. The summed E-state index contributed by atoms with van der Waals surface area (Å²) in [5, 5.41) is 5.64. The van der Waals surface area contributed by atoms with Crippen LogP contribution in [-0.2, 0) is 22.4 Å². The maximum Gasteiger partial charge on any atom is 0.265 e. The Morgan fingerprint density at radius 1 is 1.07 bits per heavy atom. The van der Waals surface area contributed by atoms with Crippen molar-refractivity contribution in [1.29, 1.82) is 0 Å². The van der Waals surface area contributed by atoms with Crippen molar-refractivity contribution in [3.05, 3.63) is 59.2 Å². The number of benzene rings is 2. The van der Waals surface area contributed by atoms with Crippen LogP contribution in [0.3, 0.4) is 0 Å². The van der Waals surface area contributed by atoms with E-state index < -0.39 is 6.10 Å². The van der Waals surface area contributed by atoms with Crippen LogP contribution < -0.4 is 15.4 Å². The van der Waals surface area contributed by atoms with Crippen LogP contribution in [0.5, 0.6) is 5.75 Å². The van der Waals surface area contributed by atoms with Crippen LogP contribution in [0.1, 0.15) is 47.7 Å². The number of ether oxygens (including phenoxy) is 2. The molecule has 2 amide bonds. The quantitative estimate of drug-likeness (QED) is 0.618. The van der Waals surface area contributed by atoms with E-state index in [2.05, 4.69) is 22.8 Å². The molecular weight excluding hydrogens is 380 g/mol. The molecule has 30 heavy (non-hydrogen) atoms. The lowest BCUT2D eigenvalue weighted by Crippen LogP contribution is -2.34. The summed E-state index contributed by atoms with van der Waals surface area (Å²) < 4.78 is 11.0. The van der Waals surface area contributed by atoms with Gasteiger partial charge in [-0.25, -0.2) is 0 Å². The van der Waals surface area contributed by atoms with Crippen LogP contribution in [0.4, 0.5) is 5.69 Å². The summed E-state index contributed by atoms with van der Waals surface area (Å²) in [5.74, 6) is 0.183. The number of aryl methyl sites for hydroxylation is 2. The summed E-state index contributed by atoms with van der Waals surface area (Å²) in [5.41, 5.74) is 3.56. The normalized spacial score (nSPS) is 13.8. The second kappa shape index (κ2) is 10.8. The monoisotopic (exact) mass is 410 g/mol. The number of nitrogens with one attached hydrogen (secondary N) is 2. The van der Waals surface area contributed by atoms with Crippen LogP contribution in [0.2, 0.25) is 0 Å². The van der Waals surface area contributed by atoms with E-state index in [1.54, 1.807) is 31.4 Å². The number of carbonyl (C=O) groups is 2. The maximum atomic E-state index is 12.9. The molecule has 0 saturated carbocycles. The van der Waals surface area contributed by atoms with Gasteiger partial charge < -0.3 is 20.1 Å². The molecule has 0 radical (unpaired) electrons. The molecule has 1 aliphatic rings. The van der Waals surface area contributed by atoms with Gasteiger partial charge in [-0.05, 0) is 67.5 Å². The largest absolute Gasteiger partial charge is 0.481 e. The summed E-state index contributed by atoms with van der Waals surface area (Å²) >= 11 is 0. The minimum Gasteiger partial charge on any atom is -0.481 e. The highest BCUT2D eigenvalue weighted by molar-refractivity contribution is 6.04. The second-order valence-corrected chi connectivity index (χ2v) is 7.44. The summed E-state index contributed by atoms with van der Waals surface area (Å²) in [6.07, 6.45) is 4.46. The van der Waals surface area contributed by atoms with Gasteiger partial charge in [0.2, 0.25) is 0 Å². The van der Waals surface area contributed by atoms with E-state index in [1.807, 2.05) is 13.0 Å². The number of carbonyl (C=O) groups excluding carboxylic acids is 2. The van der Waals surface area contributed by atoms with Crippen molar-refractivity contribution in [3.8, 4) is 5.75 Å². The van der Waals surface area contributed by atoms with E-state index >= 15 is 0 Å². The molecule has 0 aromatic heterocycles. The molecule has 0 fully saturated rings. The molecule has 2 N–H and O–H groups in total. The molecule has 0 saturated heterocycles. The van der Waals surface area contributed by atoms with E-state index in [0.717, 1.165) is 12.8 Å². The van der Waals surface area contributed by atoms with Gasteiger partial charge in [0, 0.05) is 13.7 Å². The van der Waals surface area contributed by atoms with Gasteiger partial charge in [-0.15, -0.1) is 0 Å². The molecule has 0 aliphatic heterocycles. The molecule has 1 unspecified atom stereocenters. The highest BCUT2D eigenvalue weighted by atomic mass is 16.5. The van der Waals surface area contributed by atoms with E-state index in [0.29, 0.717) is 36.6 Å². The average molecular weight is 411 g/mol. The van der Waals surface area contributed by atoms with Crippen LogP contribution in [0.15, 0.2) is 42.5 Å². The Bertz CT molecular complexity index is 881. The van der Waals surface area contributed by atoms with E-state index in [-0.39, 0.29) is 11.8 Å². The Hall–Kier alpha value is -2.86. The lowest BCUT2D eigenvalue weighted by molar-refractivity contribution is -0.122. The highest BCUT2D eigenvalue weighted by Crippen LogP contribution is 2.26. The topological polar surface area (TPSA) is 76.7 Å². The first kappa shape index (κ1) is 21.8. The van der Waals surface area contributed by atoms with Crippen molar-refractivity contribution in [3.63, 3.8) is 0 Å². The highest BCUT2D eigenvalue weighted by Gasteiger charge is 2.21. The fourth-order valence-corrected chi connectivity index (χ4v) is 3.63. The SMILES string of the molecule is CCC(Oc1ccc2c(c1)CCCC2)C(=O)Nc1ccccc1C(=O)NCCOC. The number of fused-ring (bicyclic) bond motifs is 1. The molecule has 6 nitrogen and oxygen atoms in total. The molecule has 0 bridgehead atoms.